The van der Waals surface area contributed by atoms with Gasteiger partial charge in [-0.25, -0.2) is 0 Å². The minimum Gasteiger partial charge on any atom is -0.464 e. The fraction of sp³-hybridized carbons (Fsp3) is 0.444. The first-order valence-electron chi connectivity index (χ1n) is 8.17. The molecule has 6 nitrogen and oxygen atoms in total. The van der Waals surface area contributed by atoms with Crippen LogP contribution in [0.5, 0.6) is 0 Å². The molecule has 0 bridgehead atoms. The van der Waals surface area contributed by atoms with Crippen molar-refractivity contribution < 1.29 is 18.4 Å². The molecule has 6 heteroatoms. The number of hydrogen-bond acceptors (Lipinski definition) is 4. The molecule has 0 N–H and O–H groups in total. The largest absolute Gasteiger partial charge is 0.464 e. The van der Waals surface area contributed by atoms with E-state index in [9.17, 15) is 9.59 Å². The van der Waals surface area contributed by atoms with Gasteiger partial charge in [0.05, 0.1) is 12.8 Å². The Morgan fingerprint density at radius 3 is 2.58 bits per heavy atom. The van der Waals surface area contributed by atoms with Crippen LogP contribution in [0.4, 0.5) is 0 Å². The highest BCUT2D eigenvalue weighted by Gasteiger charge is 2.30. The summed E-state index contributed by atoms with van der Waals surface area (Å²) in [4.78, 5) is 28.3. The van der Waals surface area contributed by atoms with E-state index >= 15 is 0 Å². The first-order valence-corrected chi connectivity index (χ1v) is 8.17. The Balaban J connectivity index is 1.52. The zero-order chi connectivity index (χ0) is 17.1. The number of aryl methyl sites for hydroxylation is 1. The number of carbonyl (C=O) groups is 2. The lowest BCUT2D eigenvalue weighted by atomic mass is 9.95. The van der Waals surface area contributed by atoms with Crippen LogP contribution in [0.1, 0.15) is 34.9 Å². The molecule has 0 spiro atoms. The zero-order valence-corrected chi connectivity index (χ0v) is 14.0. The summed E-state index contributed by atoms with van der Waals surface area (Å²) >= 11 is 0. The number of amides is 2. The zero-order valence-electron chi connectivity index (χ0n) is 14.0. The minimum absolute atomic E-state index is 0.0493. The van der Waals surface area contributed by atoms with Gasteiger partial charge in [-0.2, -0.15) is 0 Å². The third kappa shape index (κ3) is 3.53. The lowest BCUT2D eigenvalue weighted by molar-refractivity contribution is -0.136. The maximum absolute atomic E-state index is 12.6. The number of nitrogens with zero attached hydrogens (tertiary/aromatic N) is 2. The Hall–Kier alpha value is -2.50. The van der Waals surface area contributed by atoms with Gasteiger partial charge in [-0.3, -0.25) is 9.59 Å². The molecule has 3 heterocycles. The number of carbonyl (C=O) groups excluding carboxylic acids is 2. The fourth-order valence-corrected chi connectivity index (χ4v) is 3.08. The second-order valence-electron chi connectivity index (χ2n) is 6.25. The Kier molecular flexibility index (Phi) is 4.74. The molecular weight excluding hydrogens is 308 g/mol. The van der Waals surface area contributed by atoms with Crippen LogP contribution in [-0.4, -0.2) is 41.8 Å². The van der Waals surface area contributed by atoms with E-state index in [0.717, 1.165) is 11.5 Å². The predicted octanol–water partition coefficient (Wildman–Crippen LogP) is 2.69. The summed E-state index contributed by atoms with van der Waals surface area (Å²) in [5.41, 5.74) is 0. The van der Waals surface area contributed by atoms with Crippen molar-refractivity contribution >= 4 is 11.8 Å². The molecule has 0 unspecified atom stereocenters. The van der Waals surface area contributed by atoms with Crippen molar-refractivity contribution in [3.8, 4) is 0 Å². The van der Waals surface area contributed by atoms with Crippen LogP contribution in [0.2, 0.25) is 0 Å². The van der Waals surface area contributed by atoms with Gasteiger partial charge in [0, 0.05) is 26.1 Å². The normalized spacial score (nSPS) is 15.5. The van der Waals surface area contributed by atoms with Gasteiger partial charge in [0.15, 0.2) is 5.76 Å². The topological polar surface area (TPSA) is 66.9 Å². The molecule has 0 aliphatic carbocycles. The highest BCUT2D eigenvalue weighted by atomic mass is 16.3. The Labute approximate surface area is 141 Å². The molecule has 128 valence electrons. The first-order chi connectivity index (χ1) is 11.5. The van der Waals surface area contributed by atoms with Gasteiger partial charge in [-0.05, 0) is 44.0 Å². The van der Waals surface area contributed by atoms with Crippen LogP contribution in [-0.2, 0) is 11.3 Å². The average molecular weight is 330 g/mol. The molecule has 1 aliphatic rings. The van der Waals surface area contributed by atoms with Crippen LogP contribution in [0, 0.1) is 12.8 Å². The summed E-state index contributed by atoms with van der Waals surface area (Å²) in [6.45, 7) is 3.50. The number of rotatable bonds is 4. The summed E-state index contributed by atoms with van der Waals surface area (Å²) in [6.07, 6.45) is 2.84. The van der Waals surface area contributed by atoms with Crippen molar-refractivity contribution in [2.45, 2.75) is 26.3 Å². The number of hydrogen-bond donors (Lipinski definition) is 0. The van der Waals surface area contributed by atoms with Crippen LogP contribution in [0.3, 0.4) is 0 Å². The van der Waals surface area contributed by atoms with Gasteiger partial charge in [0.1, 0.15) is 11.5 Å². The molecule has 2 aromatic heterocycles. The van der Waals surface area contributed by atoms with E-state index < -0.39 is 0 Å². The molecule has 3 rings (SSSR count). The van der Waals surface area contributed by atoms with E-state index in [1.54, 1.807) is 29.0 Å². The second kappa shape index (κ2) is 6.95. The highest BCUT2D eigenvalue weighted by Crippen LogP contribution is 2.22. The molecule has 1 fully saturated rings. The van der Waals surface area contributed by atoms with Gasteiger partial charge in [0.25, 0.3) is 5.91 Å². The smallest absolute Gasteiger partial charge is 0.289 e. The SMILES string of the molecule is Cc1ccc(CN(C)C(=O)C2CCN(C(=O)c3ccco3)CC2)o1. The molecule has 1 saturated heterocycles. The summed E-state index contributed by atoms with van der Waals surface area (Å²) in [5, 5.41) is 0. The molecule has 1 aliphatic heterocycles. The molecule has 2 aromatic rings. The minimum atomic E-state index is -0.106. The number of likely N-dealkylation sites (tertiary alicyclic amines) is 1. The maximum Gasteiger partial charge on any atom is 0.289 e. The Morgan fingerprint density at radius 1 is 1.25 bits per heavy atom. The van der Waals surface area contributed by atoms with Gasteiger partial charge in [0.2, 0.25) is 5.91 Å². The maximum atomic E-state index is 12.6. The van der Waals surface area contributed by atoms with Crippen LogP contribution < -0.4 is 0 Å². The Morgan fingerprint density at radius 2 is 2.00 bits per heavy atom. The number of furan rings is 2. The monoisotopic (exact) mass is 330 g/mol. The van der Waals surface area contributed by atoms with Crippen LogP contribution in [0.25, 0.3) is 0 Å². The third-order valence-electron chi connectivity index (χ3n) is 4.43. The standard InChI is InChI=1S/C18H22N2O4/c1-13-5-6-15(24-13)12-19(2)17(21)14-7-9-20(10-8-14)18(22)16-4-3-11-23-16/h3-6,11,14H,7-10,12H2,1-2H3. The first kappa shape index (κ1) is 16.4. The van der Waals surface area contributed by atoms with Gasteiger partial charge >= 0.3 is 0 Å². The van der Waals surface area contributed by atoms with Gasteiger partial charge in [-0.15, -0.1) is 0 Å². The Bertz CT molecular complexity index is 696. The quantitative estimate of drug-likeness (QED) is 0.864. The molecule has 0 aromatic carbocycles. The average Bonchev–Trinajstić information content (AvgIpc) is 3.25. The van der Waals surface area contributed by atoms with Crippen LogP contribution >= 0.6 is 0 Å². The van der Waals surface area contributed by atoms with Crippen LogP contribution in [0.15, 0.2) is 39.4 Å². The lowest BCUT2D eigenvalue weighted by Crippen LogP contribution is -2.43. The van der Waals surface area contributed by atoms with Crippen molar-refractivity contribution in [2.24, 2.45) is 5.92 Å². The van der Waals surface area contributed by atoms with Crippen molar-refractivity contribution in [3.63, 3.8) is 0 Å². The van der Waals surface area contributed by atoms with Crippen molar-refractivity contribution in [1.29, 1.82) is 0 Å². The van der Waals surface area contributed by atoms with E-state index in [2.05, 4.69) is 0 Å². The van der Waals surface area contributed by atoms with E-state index in [1.165, 1.54) is 6.26 Å². The molecule has 24 heavy (non-hydrogen) atoms. The van der Waals surface area contributed by atoms with E-state index in [4.69, 9.17) is 8.83 Å². The van der Waals surface area contributed by atoms with Crippen molar-refractivity contribution in [2.75, 3.05) is 20.1 Å². The van der Waals surface area contributed by atoms with E-state index in [0.29, 0.717) is 38.2 Å². The van der Waals surface area contributed by atoms with E-state index in [1.807, 2.05) is 19.1 Å². The molecule has 0 radical (unpaired) electrons. The fourth-order valence-electron chi connectivity index (χ4n) is 3.08. The summed E-state index contributed by atoms with van der Waals surface area (Å²) < 4.78 is 10.7. The molecule has 0 atom stereocenters. The van der Waals surface area contributed by atoms with Crippen molar-refractivity contribution in [3.05, 3.63) is 47.8 Å². The van der Waals surface area contributed by atoms with Crippen molar-refractivity contribution in [1.82, 2.24) is 9.80 Å². The van der Waals surface area contributed by atoms with Gasteiger partial charge < -0.3 is 18.6 Å². The summed E-state index contributed by atoms with van der Waals surface area (Å²) in [5.74, 6) is 1.93. The second-order valence-corrected chi connectivity index (χ2v) is 6.25. The highest BCUT2D eigenvalue weighted by molar-refractivity contribution is 5.91. The van der Waals surface area contributed by atoms with Gasteiger partial charge in [-0.1, -0.05) is 0 Å². The third-order valence-corrected chi connectivity index (χ3v) is 4.43. The summed E-state index contributed by atoms with van der Waals surface area (Å²) in [7, 11) is 1.79. The summed E-state index contributed by atoms with van der Waals surface area (Å²) in [6, 6.07) is 7.16. The predicted molar refractivity (Wildman–Crippen MR) is 87.3 cm³/mol. The molecule has 0 saturated carbocycles. The lowest BCUT2D eigenvalue weighted by Gasteiger charge is -2.32. The number of piperidine rings is 1. The molecule has 2 amide bonds. The molecular formula is C18H22N2O4. The van der Waals surface area contributed by atoms with E-state index in [-0.39, 0.29) is 17.7 Å².